The summed E-state index contributed by atoms with van der Waals surface area (Å²) >= 11 is 2.18. The number of methoxy groups -OCH3 is 1. The molecule has 13 heteroatoms. The molecule has 1 aliphatic rings. The second kappa shape index (κ2) is 12.7. The van der Waals surface area contributed by atoms with Crippen LogP contribution in [0.4, 0.5) is 10.5 Å². The smallest absolute Gasteiger partial charge is 0.404 e. The maximum Gasteiger partial charge on any atom is 0.404 e. The Hall–Kier alpha value is -4.18. The minimum Gasteiger partial charge on any atom is -0.505 e. The number of aliphatic hydroxyl groups is 1. The van der Waals surface area contributed by atoms with E-state index in [9.17, 15) is 24.6 Å². The Labute approximate surface area is 271 Å². The van der Waals surface area contributed by atoms with Gasteiger partial charge in [-0.3, -0.25) is 4.79 Å². The van der Waals surface area contributed by atoms with Crippen LogP contribution in [0.15, 0.2) is 69.9 Å². The van der Waals surface area contributed by atoms with Gasteiger partial charge in [-0.15, -0.1) is 0 Å². The van der Waals surface area contributed by atoms with Gasteiger partial charge >= 0.3 is 11.7 Å². The number of nitrogens with two attached hydrogens (primary N) is 1. The van der Waals surface area contributed by atoms with E-state index in [1.54, 1.807) is 39.0 Å². The molecule has 0 bridgehead atoms. The van der Waals surface area contributed by atoms with Crippen molar-refractivity contribution in [3.05, 3.63) is 85.8 Å². The van der Waals surface area contributed by atoms with E-state index in [4.69, 9.17) is 29.1 Å². The molecule has 0 radical (unpaired) electrons. The predicted octanol–water partition coefficient (Wildman–Crippen LogP) is 4.68. The minimum atomic E-state index is -1.51. The first-order chi connectivity index (χ1) is 21.3. The lowest BCUT2D eigenvalue weighted by Crippen LogP contribution is -2.65. The number of benzene rings is 3. The molecule has 4 atom stereocenters. The van der Waals surface area contributed by atoms with Crippen LogP contribution in [0.5, 0.6) is 11.5 Å². The topological polar surface area (TPSA) is 180 Å². The van der Waals surface area contributed by atoms with Crippen LogP contribution >= 0.6 is 22.6 Å². The number of carbonyl (C=O) groups is 2. The first kappa shape index (κ1) is 32.2. The molecule has 1 aromatic heterocycles. The first-order valence-corrected chi connectivity index (χ1v) is 14.9. The molecule has 1 saturated heterocycles. The molecule has 236 valence electrons. The zero-order valence-electron chi connectivity index (χ0n) is 24.7. The number of aliphatic hydroxyl groups excluding tert-OH is 1. The van der Waals surface area contributed by atoms with Crippen molar-refractivity contribution in [2.75, 3.05) is 12.4 Å². The monoisotopic (exact) mass is 730 g/mol. The lowest BCUT2D eigenvalue weighted by atomic mass is 9.89. The van der Waals surface area contributed by atoms with E-state index >= 15 is 0 Å². The fourth-order valence-electron chi connectivity index (χ4n) is 5.36. The fraction of sp³-hybridized carbons (Fsp3) is 0.281. The second-order valence-electron chi connectivity index (χ2n) is 10.9. The van der Waals surface area contributed by atoms with Gasteiger partial charge in [0, 0.05) is 21.8 Å². The zero-order chi connectivity index (χ0) is 32.6. The van der Waals surface area contributed by atoms with Crippen molar-refractivity contribution < 1.29 is 43.2 Å². The summed E-state index contributed by atoms with van der Waals surface area (Å²) < 4.78 is 28.9. The quantitative estimate of drug-likeness (QED) is 0.154. The van der Waals surface area contributed by atoms with Gasteiger partial charge in [0.2, 0.25) is 6.29 Å². The van der Waals surface area contributed by atoms with E-state index in [1.165, 1.54) is 19.2 Å². The molecule has 0 spiro atoms. The molecular weight excluding hydrogens is 699 g/mol. The Morgan fingerprint density at radius 1 is 1.09 bits per heavy atom. The zero-order valence-corrected chi connectivity index (χ0v) is 26.9. The number of ether oxygens (including phenoxy) is 4. The van der Waals surface area contributed by atoms with Gasteiger partial charge < -0.3 is 44.6 Å². The number of primary amides is 1. The Bertz CT molecular complexity index is 1820. The van der Waals surface area contributed by atoms with E-state index in [2.05, 4.69) is 27.9 Å². The average Bonchev–Trinajstić information content (AvgIpc) is 2.99. The van der Waals surface area contributed by atoms with Crippen LogP contribution in [-0.4, -0.2) is 59.5 Å². The summed E-state index contributed by atoms with van der Waals surface area (Å²) in [6.45, 7) is 4.91. The summed E-state index contributed by atoms with van der Waals surface area (Å²) in [5.74, 6) is -0.968. The number of hydrogen-bond acceptors (Lipinski definition) is 10. The molecule has 2 heterocycles. The number of hydrogen-bond donors (Lipinski definition) is 4. The Kier molecular flexibility index (Phi) is 9.07. The Morgan fingerprint density at radius 2 is 1.80 bits per heavy atom. The van der Waals surface area contributed by atoms with E-state index in [-0.39, 0.29) is 27.8 Å². The van der Waals surface area contributed by atoms with Crippen LogP contribution in [0.3, 0.4) is 0 Å². The minimum absolute atomic E-state index is 0.0158. The molecule has 1 aliphatic heterocycles. The molecule has 5 rings (SSSR count). The molecule has 0 saturated carbocycles. The van der Waals surface area contributed by atoms with Gasteiger partial charge in [-0.1, -0.05) is 30.3 Å². The highest BCUT2D eigenvalue weighted by Crippen LogP contribution is 2.38. The second-order valence-corrected chi connectivity index (χ2v) is 12.1. The van der Waals surface area contributed by atoms with Crippen molar-refractivity contribution in [2.24, 2.45) is 5.73 Å². The Balaban J connectivity index is 1.43. The highest BCUT2D eigenvalue weighted by atomic mass is 127. The van der Waals surface area contributed by atoms with Crippen molar-refractivity contribution in [2.45, 2.75) is 51.0 Å². The van der Waals surface area contributed by atoms with Crippen LogP contribution in [0.1, 0.15) is 29.8 Å². The van der Waals surface area contributed by atoms with Gasteiger partial charge in [0.15, 0.2) is 23.6 Å². The molecule has 5 N–H and O–H groups in total. The number of anilines is 1. The first-order valence-electron chi connectivity index (χ1n) is 13.8. The van der Waals surface area contributed by atoms with Crippen molar-refractivity contribution in [1.29, 1.82) is 0 Å². The van der Waals surface area contributed by atoms with Crippen LogP contribution < -0.4 is 21.4 Å². The summed E-state index contributed by atoms with van der Waals surface area (Å²) in [5, 5.41) is 24.6. The molecule has 2 amide bonds. The summed E-state index contributed by atoms with van der Waals surface area (Å²) in [6, 6.07) is 17.6. The predicted molar refractivity (Wildman–Crippen MR) is 172 cm³/mol. The number of halogens is 1. The normalized spacial score (nSPS) is 20.8. The van der Waals surface area contributed by atoms with Gasteiger partial charge in [-0.05, 0) is 84.8 Å². The number of rotatable bonds is 7. The number of amides is 2. The maximum absolute atomic E-state index is 13.2. The summed E-state index contributed by atoms with van der Waals surface area (Å²) in [5.41, 5.74) is 5.02. The molecule has 0 unspecified atom stereocenters. The van der Waals surface area contributed by atoms with Gasteiger partial charge in [0.1, 0.15) is 17.4 Å². The van der Waals surface area contributed by atoms with Gasteiger partial charge in [0.25, 0.3) is 5.91 Å². The number of fused-ring (bicyclic) bond motifs is 1. The summed E-state index contributed by atoms with van der Waals surface area (Å²) in [4.78, 5) is 37.8. The van der Waals surface area contributed by atoms with Gasteiger partial charge in [0.05, 0.1) is 11.0 Å². The van der Waals surface area contributed by atoms with Crippen molar-refractivity contribution in [3.8, 4) is 22.6 Å². The molecule has 4 aromatic rings. The largest absolute Gasteiger partial charge is 0.505 e. The number of aryl methyl sites for hydroxylation is 1. The molecule has 12 nitrogen and oxygen atoms in total. The average molecular weight is 731 g/mol. The summed E-state index contributed by atoms with van der Waals surface area (Å²) in [7, 11) is 1.38. The third-order valence-corrected chi connectivity index (χ3v) is 8.51. The van der Waals surface area contributed by atoms with E-state index < -0.39 is 59.3 Å². The third kappa shape index (κ3) is 6.33. The molecule has 45 heavy (non-hydrogen) atoms. The standard InChI is InChI=1S/C32H31IN2O10/c1-15-21(42-30-24(37)26(44-31(34)40)27(41-4)32(2,3)45-30)13-11-18-23(36)22(29(39)43-25(15)18)35-28(38)17-10-12-20(33)19(14-17)16-8-6-5-7-9-16/h5-14,24,26-27,30,36-37H,1-4H3,(H2,34,40)(H,35,38)/t24-,26+,27-,30-/m1/s1. The molecular formula is C32H31IN2O10. The highest BCUT2D eigenvalue weighted by molar-refractivity contribution is 14.1. The lowest BCUT2D eigenvalue weighted by molar-refractivity contribution is -0.304. The van der Waals surface area contributed by atoms with Crippen LogP contribution in [-0.2, 0) is 14.2 Å². The molecule has 1 fully saturated rings. The van der Waals surface area contributed by atoms with E-state index in [0.29, 0.717) is 0 Å². The van der Waals surface area contributed by atoms with E-state index in [0.717, 1.165) is 14.7 Å². The number of nitrogens with one attached hydrogen (secondary N) is 1. The van der Waals surface area contributed by atoms with Crippen LogP contribution in [0.25, 0.3) is 22.1 Å². The van der Waals surface area contributed by atoms with E-state index in [1.807, 2.05) is 30.3 Å². The highest BCUT2D eigenvalue weighted by Gasteiger charge is 2.53. The number of carbonyl (C=O) groups excluding carboxylic acids is 2. The van der Waals surface area contributed by atoms with Crippen LogP contribution in [0.2, 0.25) is 0 Å². The van der Waals surface area contributed by atoms with Crippen molar-refractivity contribution >= 4 is 51.2 Å². The SMILES string of the molecule is CO[C@@H]1[C@@H](OC(N)=O)[C@@H](O)[C@H](Oc2ccc3c(O)c(NC(=O)c4ccc(I)c(-c5ccccc5)c4)c(=O)oc3c2C)OC1(C)C. The molecule has 3 aromatic carbocycles. The fourth-order valence-corrected chi connectivity index (χ4v) is 6.01. The van der Waals surface area contributed by atoms with Gasteiger partial charge in [-0.25, -0.2) is 9.59 Å². The maximum atomic E-state index is 13.2. The molecule has 0 aliphatic carbocycles. The Morgan fingerprint density at radius 3 is 2.47 bits per heavy atom. The van der Waals surface area contributed by atoms with Crippen molar-refractivity contribution in [3.63, 3.8) is 0 Å². The number of aromatic hydroxyl groups is 1. The van der Waals surface area contributed by atoms with Crippen molar-refractivity contribution in [1.82, 2.24) is 0 Å². The lowest BCUT2D eigenvalue weighted by Gasteiger charge is -2.47. The van der Waals surface area contributed by atoms with Gasteiger partial charge in [-0.2, -0.15) is 0 Å². The summed E-state index contributed by atoms with van der Waals surface area (Å²) in [6.07, 6.45) is -6.05. The van der Waals surface area contributed by atoms with Crippen LogP contribution in [0, 0.1) is 10.5 Å². The third-order valence-electron chi connectivity index (χ3n) is 7.57.